The fourth-order valence-corrected chi connectivity index (χ4v) is 3.27. The summed E-state index contributed by atoms with van der Waals surface area (Å²) in [6, 6.07) is 0. The van der Waals surface area contributed by atoms with E-state index in [2.05, 4.69) is 12.2 Å². The highest BCUT2D eigenvalue weighted by Gasteiger charge is 2.37. The number of rotatable bonds is 4. The smallest absolute Gasteiger partial charge is 0.306 e. The minimum absolute atomic E-state index is 0.174. The van der Waals surface area contributed by atoms with Gasteiger partial charge in [0.25, 0.3) is 0 Å². The van der Waals surface area contributed by atoms with Crippen molar-refractivity contribution in [3.63, 3.8) is 0 Å². The number of hydrogen-bond acceptors (Lipinski definition) is 3. The summed E-state index contributed by atoms with van der Waals surface area (Å²) in [6.45, 7) is 5.66. The molecule has 0 bridgehead atoms. The second-order valence-corrected chi connectivity index (χ2v) is 6.86. The first-order chi connectivity index (χ1) is 9.41. The van der Waals surface area contributed by atoms with Crippen molar-refractivity contribution in [2.24, 2.45) is 17.3 Å². The van der Waals surface area contributed by atoms with Crippen LogP contribution in [0.1, 0.15) is 39.5 Å². The quantitative estimate of drug-likeness (QED) is 0.586. The van der Waals surface area contributed by atoms with Crippen LogP contribution in [0.3, 0.4) is 0 Å². The number of methoxy groups -OCH3 is 1. The summed E-state index contributed by atoms with van der Waals surface area (Å²) >= 11 is 0. The zero-order valence-corrected chi connectivity index (χ0v) is 12.7. The van der Waals surface area contributed by atoms with Crippen LogP contribution in [0.15, 0.2) is 12.2 Å². The van der Waals surface area contributed by atoms with Crippen LogP contribution in [-0.4, -0.2) is 37.0 Å². The van der Waals surface area contributed by atoms with Crippen molar-refractivity contribution < 1.29 is 14.3 Å². The van der Waals surface area contributed by atoms with Gasteiger partial charge in [-0.2, -0.15) is 0 Å². The van der Waals surface area contributed by atoms with Gasteiger partial charge in [-0.3, -0.25) is 9.59 Å². The van der Waals surface area contributed by atoms with Crippen LogP contribution in [0.4, 0.5) is 0 Å². The van der Waals surface area contributed by atoms with Gasteiger partial charge in [0.05, 0.1) is 13.5 Å². The standard InChI is InChI=1S/C16H25NO3/c1-16(2,9-15(19)20-3)8-14(18)17-10-12-6-4-5-7-13(12)11-17/h4-5,12-13H,6-11H2,1-3H3/t12-,13-/m0/s1. The second kappa shape index (κ2) is 5.98. The predicted octanol–water partition coefficient (Wildman–Crippen LogP) is 2.39. The number of carbonyl (C=O) groups is 2. The van der Waals surface area contributed by atoms with Crippen molar-refractivity contribution >= 4 is 11.9 Å². The fourth-order valence-electron chi connectivity index (χ4n) is 3.27. The molecule has 112 valence electrons. The Labute approximate surface area is 121 Å². The Balaban J connectivity index is 1.88. The molecule has 0 saturated carbocycles. The van der Waals surface area contributed by atoms with Crippen molar-refractivity contribution in [2.75, 3.05) is 20.2 Å². The molecule has 0 N–H and O–H groups in total. The van der Waals surface area contributed by atoms with Crippen LogP contribution in [0.2, 0.25) is 0 Å². The lowest BCUT2D eigenvalue weighted by atomic mass is 9.85. The number of nitrogens with zero attached hydrogens (tertiary/aromatic N) is 1. The van der Waals surface area contributed by atoms with E-state index in [-0.39, 0.29) is 23.7 Å². The van der Waals surface area contributed by atoms with Crippen LogP contribution in [0.25, 0.3) is 0 Å². The second-order valence-electron chi connectivity index (χ2n) is 6.86. The molecule has 0 spiro atoms. The largest absolute Gasteiger partial charge is 0.469 e. The normalized spacial score (nSPS) is 25.4. The Morgan fingerprint density at radius 1 is 1.15 bits per heavy atom. The van der Waals surface area contributed by atoms with Crippen molar-refractivity contribution in [1.82, 2.24) is 4.90 Å². The van der Waals surface area contributed by atoms with E-state index >= 15 is 0 Å². The van der Waals surface area contributed by atoms with Gasteiger partial charge in [0.15, 0.2) is 0 Å². The van der Waals surface area contributed by atoms with E-state index in [0.717, 1.165) is 25.9 Å². The summed E-state index contributed by atoms with van der Waals surface area (Å²) in [5, 5.41) is 0. The highest BCUT2D eigenvalue weighted by Crippen LogP contribution is 2.34. The minimum Gasteiger partial charge on any atom is -0.469 e. The van der Waals surface area contributed by atoms with Crippen molar-refractivity contribution in [3.05, 3.63) is 12.2 Å². The Morgan fingerprint density at radius 2 is 1.70 bits per heavy atom. The van der Waals surface area contributed by atoms with E-state index in [4.69, 9.17) is 4.74 Å². The summed E-state index contributed by atoms with van der Waals surface area (Å²) in [5.41, 5.74) is -0.337. The van der Waals surface area contributed by atoms with Crippen LogP contribution < -0.4 is 0 Å². The molecule has 1 aliphatic heterocycles. The number of allylic oxidation sites excluding steroid dienone is 2. The molecular formula is C16H25NO3. The first-order valence-electron chi connectivity index (χ1n) is 7.41. The third-order valence-electron chi connectivity index (χ3n) is 4.45. The molecule has 1 amide bonds. The summed E-state index contributed by atoms with van der Waals surface area (Å²) in [5.74, 6) is 1.19. The minimum atomic E-state index is -0.337. The van der Waals surface area contributed by atoms with E-state index in [1.165, 1.54) is 7.11 Å². The zero-order chi connectivity index (χ0) is 14.8. The molecule has 2 atom stereocenters. The Morgan fingerprint density at radius 3 is 2.20 bits per heavy atom. The lowest BCUT2D eigenvalue weighted by molar-refractivity contribution is -0.143. The lowest BCUT2D eigenvalue weighted by Crippen LogP contribution is -2.33. The summed E-state index contributed by atoms with van der Waals surface area (Å²) in [4.78, 5) is 25.8. The summed E-state index contributed by atoms with van der Waals surface area (Å²) in [7, 11) is 1.39. The Kier molecular flexibility index (Phi) is 4.51. The molecule has 0 aromatic carbocycles. The van der Waals surface area contributed by atoms with Gasteiger partial charge in [0.2, 0.25) is 5.91 Å². The maximum absolute atomic E-state index is 12.4. The highest BCUT2D eigenvalue weighted by atomic mass is 16.5. The van der Waals surface area contributed by atoms with E-state index in [9.17, 15) is 9.59 Å². The van der Waals surface area contributed by atoms with Crippen molar-refractivity contribution in [1.29, 1.82) is 0 Å². The highest BCUT2D eigenvalue weighted by molar-refractivity contribution is 5.78. The molecule has 2 aliphatic rings. The molecule has 4 heteroatoms. The average Bonchev–Trinajstić information content (AvgIpc) is 2.81. The topological polar surface area (TPSA) is 46.6 Å². The van der Waals surface area contributed by atoms with Crippen LogP contribution >= 0.6 is 0 Å². The van der Waals surface area contributed by atoms with Gasteiger partial charge in [-0.1, -0.05) is 26.0 Å². The fraction of sp³-hybridized carbons (Fsp3) is 0.750. The maximum atomic E-state index is 12.4. The van der Waals surface area contributed by atoms with Crippen LogP contribution in [0, 0.1) is 17.3 Å². The number of amides is 1. The number of hydrogen-bond donors (Lipinski definition) is 0. The van der Waals surface area contributed by atoms with Gasteiger partial charge < -0.3 is 9.64 Å². The van der Waals surface area contributed by atoms with Gasteiger partial charge in [-0.05, 0) is 30.1 Å². The predicted molar refractivity (Wildman–Crippen MR) is 77.0 cm³/mol. The number of fused-ring (bicyclic) bond motifs is 1. The third-order valence-corrected chi connectivity index (χ3v) is 4.45. The van der Waals surface area contributed by atoms with E-state index in [0.29, 0.717) is 18.3 Å². The first-order valence-corrected chi connectivity index (χ1v) is 7.41. The van der Waals surface area contributed by atoms with E-state index in [1.807, 2.05) is 18.7 Å². The summed E-state index contributed by atoms with van der Waals surface area (Å²) in [6.07, 6.45) is 7.36. The molecule has 4 nitrogen and oxygen atoms in total. The molecular weight excluding hydrogens is 254 g/mol. The number of ether oxygens (including phenoxy) is 1. The van der Waals surface area contributed by atoms with Crippen molar-refractivity contribution in [3.8, 4) is 0 Å². The third kappa shape index (κ3) is 3.62. The average molecular weight is 279 g/mol. The van der Waals surface area contributed by atoms with Gasteiger partial charge in [0.1, 0.15) is 0 Å². The molecule has 0 aromatic rings. The van der Waals surface area contributed by atoms with Gasteiger partial charge in [-0.15, -0.1) is 0 Å². The van der Waals surface area contributed by atoms with Crippen LogP contribution in [-0.2, 0) is 14.3 Å². The molecule has 1 fully saturated rings. The molecule has 1 aliphatic carbocycles. The Hall–Kier alpha value is -1.32. The number of likely N-dealkylation sites (tertiary alicyclic amines) is 1. The first kappa shape index (κ1) is 15.1. The summed E-state index contributed by atoms with van der Waals surface area (Å²) < 4.78 is 4.70. The molecule has 0 aromatic heterocycles. The van der Waals surface area contributed by atoms with Crippen LogP contribution in [0.5, 0.6) is 0 Å². The SMILES string of the molecule is COC(=O)CC(C)(C)CC(=O)N1C[C@@H]2CC=CC[C@H]2C1. The van der Waals surface area contributed by atoms with Gasteiger partial charge in [0, 0.05) is 19.5 Å². The molecule has 0 radical (unpaired) electrons. The van der Waals surface area contributed by atoms with E-state index < -0.39 is 0 Å². The van der Waals surface area contributed by atoms with E-state index in [1.54, 1.807) is 0 Å². The van der Waals surface area contributed by atoms with Gasteiger partial charge >= 0.3 is 5.97 Å². The van der Waals surface area contributed by atoms with Crippen molar-refractivity contribution in [2.45, 2.75) is 39.5 Å². The van der Waals surface area contributed by atoms with Gasteiger partial charge in [-0.25, -0.2) is 0 Å². The molecule has 1 saturated heterocycles. The molecule has 0 unspecified atom stereocenters. The zero-order valence-electron chi connectivity index (χ0n) is 12.7. The molecule has 2 rings (SSSR count). The number of carbonyl (C=O) groups excluding carboxylic acids is 2. The lowest BCUT2D eigenvalue weighted by Gasteiger charge is -2.26. The monoisotopic (exact) mass is 279 g/mol. The Bertz CT molecular complexity index is 398. The number of esters is 1. The maximum Gasteiger partial charge on any atom is 0.306 e. The molecule has 20 heavy (non-hydrogen) atoms. The molecule has 1 heterocycles.